The second-order valence-electron chi connectivity index (χ2n) is 6.33. The highest BCUT2D eigenvalue weighted by Crippen LogP contribution is 2.35. The number of hydrogen-bond acceptors (Lipinski definition) is 2. The fourth-order valence-corrected chi connectivity index (χ4v) is 2.74. The first-order chi connectivity index (χ1) is 10.1. The van der Waals surface area contributed by atoms with Crippen molar-refractivity contribution in [3.05, 3.63) is 34.1 Å². The number of hydrogen-bond donors (Lipinski definition) is 0. The van der Waals surface area contributed by atoms with Gasteiger partial charge in [-0.1, -0.05) is 32.4 Å². The average molecular weight is 327 g/mol. The summed E-state index contributed by atoms with van der Waals surface area (Å²) in [6.45, 7) is 8.88. The summed E-state index contributed by atoms with van der Waals surface area (Å²) < 4.78 is 14.9. The predicted octanol–water partition coefficient (Wildman–Crippen LogP) is 5.28. The van der Waals surface area contributed by atoms with Crippen LogP contribution in [0.4, 0.5) is 4.39 Å². The zero-order chi connectivity index (χ0) is 17.0. The summed E-state index contributed by atoms with van der Waals surface area (Å²) in [6.07, 6.45) is 0.572. The van der Waals surface area contributed by atoms with Gasteiger partial charge in [-0.05, 0) is 49.8 Å². The summed E-state index contributed by atoms with van der Waals surface area (Å²) in [5.41, 5.74) is 0.843. The SMILES string of the molecule is CC(=O)CCC(C(C)=O)c1cc(Cl)cc(C(C)C(C)C)c1F. The standard InChI is InChI=1S/C18H24ClFO2/c1-10(2)12(4)16-8-14(19)9-17(18(16)20)15(13(5)22)7-6-11(3)21/h8-10,12,15H,6-7H2,1-5H3. The molecule has 0 radical (unpaired) electrons. The lowest BCUT2D eigenvalue weighted by atomic mass is 9.84. The Balaban J connectivity index is 3.31. The summed E-state index contributed by atoms with van der Waals surface area (Å²) in [7, 11) is 0. The van der Waals surface area contributed by atoms with E-state index in [9.17, 15) is 14.0 Å². The Hall–Kier alpha value is -1.22. The van der Waals surface area contributed by atoms with Crippen molar-refractivity contribution in [2.75, 3.05) is 0 Å². The van der Waals surface area contributed by atoms with Crippen molar-refractivity contribution in [3.63, 3.8) is 0 Å². The summed E-state index contributed by atoms with van der Waals surface area (Å²) in [6, 6.07) is 3.15. The van der Waals surface area contributed by atoms with E-state index in [4.69, 9.17) is 11.6 Å². The van der Waals surface area contributed by atoms with Gasteiger partial charge in [0.15, 0.2) is 0 Å². The van der Waals surface area contributed by atoms with Crippen LogP contribution in [-0.4, -0.2) is 11.6 Å². The van der Waals surface area contributed by atoms with Crippen LogP contribution >= 0.6 is 11.6 Å². The molecule has 0 aliphatic carbocycles. The minimum atomic E-state index is -0.624. The van der Waals surface area contributed by atoms with E-state index in [2.05, 4.69) is 0 Å². The van der Waals surface area contributed by atoms with Crippen molar-refractivity contribution in [1.82, 2.24) is 0 Å². The zero-order valence-electron chi connectivity index (χ0n) is 13.9. The minimum Gasteiger partial charge on any atom is -0.300 e. The maximum absolute atomic E-state index is 14.9. The Bertz CT molecular complexity index is 566. The fourth-order valence-electron chi connectivity index (χ4n) is 2.50. The first-order valence-electron chi connectivity index (χ1n) is 7.63. The van der Waals surface area contributed by atoms with E-state index in [1.807, 2.05) is 20.8 Å². The molecule has 2 unspecified atom stereocenters. The van der Waals surface area contributed by atoms with Crippen LogP contribution in [0.25, 0.3) is 0 Å². The Kier molecular flexibility index (Phi) is 6.73. The van der Waals surface area contributed by atoms with E-state index in [1.165, 1.54) is 19.9 Å². The summed E-state index contributed by atoms with van der Waals surface area (Å²) in [5, 5.41) is 0.424. The molecule has 0 N–H and O–H groups in total. The Morgan fingerprint density at radius 1 is 1.14 bits per heavy atom. The quantitative estimate of drug-likeness (QED) is 0.683. The third-order valence-corrected chi connectivity index (χ3v) is 4.45. The van der Waals surface area contributed by atoms with Crippen molar-refractivity contribution in [2.24, 2.45) is 5.92 Å². The number of benzene rings is 1. The van der Waals surface area contributed by atoms with Crippen molar-refractivity contribution in [2.45, 2.75) is 59.3 Å². The molecule has 4 heteroatoms. The van der Waals surface area contributed by atoms with Crippen LogP contribution in [0.1, 0.15) is 70.4 Å². The van der Waals surface area contributed by atoms with E-state index < -0.39 is 5.92 Å². The van der Waals surface area contributed by atoms with Crippen LogP contribution in [-0.2, 0) is 9.59 Å². The predicted molar refractivity (Wildman–Crippen MR) is 88.0 cm³/mol. The van der Waals surface area contributed by atoms with Crippen LogP contribution in [0.2, 0.25) is 5.02 Å². The second kappa shape index (κ2) is 7.87. The van der Waals surface area contributed by atoms with E-state index in [-0.39, 0.29) is 35.6 Å². The molecule has 1 aromatic rings. The third kappa shape index (κ3) is 4.64. The number of carbonyl (C=O) groups is 2. The molecule has 1 aromatic carbocycles. The molecule has 122 valence electrons. The Morgan fingerprint density at radius 3 is 2.14 bits per heavy atom. The van der Waals surface area contributed by atoms with Gasteiger partial charge in [-0.2, -0.15) is 0 Å². The summed E-state index contributed by atoms with van der Waals surface area (Å²) in [5.74, 6) is -0.892. The fraction of sp³-hybridized carbons (Fsp3) is 0.556. The third-order valence-electron chi connectivity index (χ3n) is 4.24. The molecular formula is C18H24ClFO2. The largest absolute Gasteiger partial charge is 0.300 e. The van der Waals surface area contributed by atoms with Gasteiger partial charge in [-0.25, -0.2) is 4.39 Å². The van der Waals surface area contributed by atoms with Crippen LogP contribution in [0.3, 0.4) is 0 Å². The van der Waals surface area contributed by atoms with Gasteiger partial charge in [0.1, 0.15) is 17.4 Å². The molecule has 1 rings (SSSR count). The maximum atomic E-state index is 14.9. The van der Waals surface area contributed by atoms with Gasteiger partial charge < -0.3 is 4.79 Å². The molecule has 2 nitrogen and oxygen atoms in total. The van der Waals surface area contributed by atoms with Crippen LogP contribution < -0.4 is 0 Å². The molecule has 22 heavy (non-hydrogen) atoms. The van der Waals surface area contributed by atoms with Crippen molar-refractivity contribution < 1.29 is 14.0 Å². The number of halogens is 2. The van der Waals surface area contributed by atoms with Crippen molar-refractivity contribution in [3.8, 4) is 0 Å². The van der Waals surface area contributed by atoms with Gasteiger partial charge in [-0.3, -0.25) is 4.79 Å². The summed E-state index contributed by atoms with van der Waals surface area (Å²) in [4.78, 5) is 23.1. The van der Waals surface area contributed by atoms with Crippen LogP contribution in [0.15, 0.2) is 12.1 Å². The highest BCUT2D eigenvalue weighted by Gasteiger charge is 2.25. The van der Waals surface area contributed by atoms with Gasteiger partial charge in [0, 0.05) is 22.9 Å². The first-order valence-corrected chi connectivity index (χ1v) is 8.01. The Morgan fingerprint density at radius 2 is 1.68 bits per heavy atom. The topological polar surface area (TPSA) is 34.1 Å². The molecule has 0 fully saturated rings. The lowest BCUT2D eigenvalue weighted by Crippen LogP contribution is -2.15. The normalized spacial score (nSPS) is 14.0. The lowest BCUT2D eigenvalue weighted by Gasteiger charge is -2.22. The van der Waals surface area contributed by atoms with Gasteiger partial charge >= 0.3 is 0 Å². The van der Waals surface area contributed by atoms with Gasteiger partial charge in [0.25, 0.3) is 0 Å². The molecular weight excluding hydrogens is 303 g/mol. The zero-order valence-corrected chi connectivity index (χ0v) is 14.6. The Labute approximate surface area is 137 Å². The molecule has 0 aliphatic heterocycles. The first kappa shape index (κ1) is 18.8. The number of carbonyl (C=O) groups excluding carboxylic acids is 2. The van der Waals surface area contributed by atoms with E-state index in [0.29, 0.717) is 22.6 Å². The molecule has 0 saturated carbocycles. The van der Waals surface area contributed by atoms with Crippen molar-refractivity contribution >= 4 is 23.2 Å². The highest BCUT2D eigenvalue weighted by molar-refractivity contribution is 6.30. The van der Waals surface area contributed by atoms with E-state index in [0.717, 1.165) is 0 Å². The van der Waals surface area contributed by atoms with Gasteiger partial charge in [0.2, 0.25) is 0 Å². The van der Waals surface area contributed by atoms with Gasteiger partial charge in [-0.15, -0.1) is 0 Å². The molecule has 0 saturated heterocycles. The van der Waals surface area contributed by atoms with Crippen molar-refractivity contribution in [1.29, 1.82) is 0 Å². The van der Waals surface area contributed by atoms with E-state index in [1.54, 1.807) is 6.07 Å². The maximum Gasteiger partial charge on any atom is 0.137 e. The smallest absolute Gasteiger partial charge is 0.137 e. The van der Waals surface area contributed by atoms with Crippen LogP contribution in [0.5, 0.6) is 0 Å². The average Bonchev–Trinajstić information content (AvgIpc) is 2.40. The minimum absolute atomic E-state index is 0.00198. The van der Waals surface area contributed by atoms with Crippen LogP contribution in [0, 0.1) is 11.7 Å². The molecule has 2 atom stereocenters. The lowest BCUT2D eigenvalue weighted by molar-refractivity contribution is -0.119. The molecule has 0 bridgehead atoms. The monoisotopic (exact) mass is 326 g/mol. The molecule has 0 heterocycles. The molecule has 0 aliphatic rings. The van der Waals surface area contributed by atoms with E-state index >= 15 is 0 Å². The number of ketones is 2. The second-order valence-corrected chi connectivity index (χ2v) is 6.77. The molecule has 0 spiro atoms. The number of Topliss-reactive ketones (excluding diaryl/α,β-unsaturated/α-hetero) is 2. The summed E-state index contributed by atoms with van der Waals surface area (Å²) >= 11 is 6.14. The molecule has 0 amide bonds. The molecule has 0 aromatic heterocycles. The van der Waals surface area contributed by atoms with Gasteiger partial charge in [0.05, 0.1) is 0 Å². The highest BCUT2D eigenvalue weighted by atomic mass is 35.5. The number of rotatable bonds is 7.